The van der Waals surface area contributed by atoms with Gasteiger partial charge in [0.15, 0.2) is 0 Å². The molecule has 126 valence electrons. The van der Waals surface area contributed by atoms with Crippen LogP contribution in [0.15, 0.2) is 42.5 Å². The fourth-order valence-electron chi connectivity index (χ4n) is 2.70. The van der Waals surface area contributed by atoms with Crippen LogP contribution < -0.4 is 4.74 Å². The SMILES string of the molecule is COC(=O)c1c(OC(=O)O)ccc(-c2ccccc2)c1C(C)(C)C. The van der Waals surface area contributed by atoms with Crippen molar-refractivity contribution < 1.29 is 24.2 Å². The van der Waals surface area contributed by atoms with Crippen LogP contribution in [0.3, 0.4) is 0 Å². The third kappa shape index (κ3) is 3.56. The molecule has 24 heavy (non-hydrogen) atoms. The first-order valence-corrected chi connectivity index (χ1v) is 7.47. The Hall–Kier alpha value is -2.82. The molecule has 0 bridgehead atoms. The lowest BCUT2D eigenvalue weighted by Crippen LogP contribution is -2.21. The predicted molar refractivity (Wildman–Crippen MR) is 90.6 cm³/mol. The van der Waals surface area contributed by atoms with Crippen LogP contribution in [0.4, 0.5) is 4.79 Å². The van der Waals surface area contributed by atoms with Crippen molar-refractivity contribution in [3.8, 4) is 16.9 Å². The van der Waals surface area contributed by atoms with Crippen molar-refractivity contribution in [3.05, 3.63) is 53.6 Å². The molecule has 2 rings (SSSR count). The summed E-state index contributed by atoms with van der Waals surface area (Å²) in [6.07, 6.45) is -1.48. The number of hydrogen-bond acceptors (Lipinski definition) is 4. The molecule has 0 aliphatic rings. The summed E-state index contributed by atoms with van der Waals surface area (Å²) in [6, 6.07) is 12.8. The van der Waals surface area contributed by atoms with E-state index in [0.717, 1.165) is 11.1 Å². The van der Waals surface area contributed by atoms with Crippen molar-refractivity contribution in [3.63, 3.8) is 0 Å². The molecule has 0 radical (unpaired) electrons. The predicted octanol–water partition coefficient (Wildman–Crippen LogP) is 4.49. The summed E-state index contributed by atoms with van der Waals surface area (Å²) in [6.45, 7) is 5.85. The number of benzene rings is 2. The molecule has 0 unspecified atom stereocenters. The molecular formula is C19H20O5. The monoisotopic (exact) mass is 328 g/mol. The van der Waals surface area contributed by atoms with Crippen LogP contribution in [0, 0.1) is 0 Å². The fraction of sp³-hybridized carbons (Fsp3) is 0.263. The molecule has 0 aliphatic heterocycles. The van der Waals surface area contributed by atoms with Crippen LogP contribution in [0.5, 0.6) is 5.75 Å². The van der Waals surface area contributed by atoms with Crippen LogP contribution in [0.1, 0.15) is 36.7 Å². The number of esters is 1. The van der Waals surface area contributed by atoms with E-state index in [9.17, 15) is 9.59 Å². The normalized spacial score (nSPS) is 11.0. The molecule has 2 aromatic carbocycles. The lowest BCUT2D eigenvalue weighted by molar-refractivity contribution is 0.0594. The van der Waals surface area contributed by atoms with Crippen molar-refractivity contribution in [1.82, 2.24) is 0 Å². The van der Waals surface area contributed by atoms with Gasteiger partial charge in [-0.15, -0.1) is 0 Å². The van der Waals surface area contributed by atoms with Gasteiger partial charge in [-0.05, 0) is 28.2 Å². The van der Waals surface area contributed by atoms with Crippen LogP contribution in [-0.4, -0.2) is 24.3 Å². The van der Waals surface area contributed by atoms with E-state index in [1.807, 2.05) is 51.1 Å². The molecule has 0 saturated heterocycles. The van der Waals surface area contributed by atoms with E-state index >= 15 is 0 Å². The van der Waals surface area contributed by atoms with Gasteiger partial charge in [-0.2, -0.15) is 0 Å². The number of carbonyl (C=O) groups excluding carboxylic acids is 1. The van der Waals surface area contributed by atoms with Gasteiger partial charge in [0.2, 0.25) is 0 Å². The Morgan fingerprint density at radius 1 is 1.00 bits per heavy atom. The molecule has 0 saturated carbocycles. The molecule has 1 N–H and O–H groups in total. The van der Waals surface area contributed by atoms with E-state index in [0.29, 0.717) is 5.56 Å². The van der Waals surface area contributed by atoms with Gasteiger partial charge in [0.05, 0.1) is 7.11 Å². The van der Waals surface area contributed by atoms with E-state index in [-0.39, 0.29) is 11.3 Å². The third-order valence-electron chi connectivity index (χ3n) is 3.59. The number of ether oxygens (including phenoxy) is 2. The standard InChI is InChI=1S/C19H20O5/c1-19(2,3)16-13(12-8-6-5-7-9-12)10-11-14(24-18(21)22)15(16)17(20)23-4/h5-11H,1-4H3,(H,21,22). The average Bonchev–Trinajstić information content (AvgIpc) is 2.53. The summed E-state index contributed by atoms with van der Waals surface area (Å²) in [5.74, 6) is -0.659. The average molecular weight is 328 g/mol. The van der Waals surface area contributed by atoms with Gasteiger partial charge in [-0.3, -0.25) is 0 Å². The smallest absolute Gasteiger partial charge is 0.465 e. The number of rotatable bonds is 3. The highest BCUT2D eigenvalue weighted by atomic mass is 16.7. The second kappa shape index (κ2) is 6.74. The van der Waals surface area contributed by atoms with Gasteiger partial charge in [-0.1, -0.05) is 57.2 Å². The van der Waals surface area contributed by atoms with E-state index in [1.54, 1.807) is 6.07 Å². The fourth-order valence-corrected chi connectivity index (χ4v) is 2.70. The third-order valence-corrected chi connectivity index (χ3v) is 3.59. The summed E-state index contributed by atoms with van der Waals surface area (Å²) < 4.78 is 9.68. The van der Waals surface area contributed by atoms with Crippen molar-refractivity contribution >= 4 is 12.1 Å². The Balaban J connectivity index is 2.84. The topological polar surface area (TPSA) is 72.8 Å². The number of carbonyl (C=O) groups is 2. The largest absolute Gasteiger partial charge is 0.511 e. The second-order valence-corrected chi connectivity index (χ2v) is 6.34. The Labute approximate surface area is 140 Å². The van der Waals surface area contributed by atoms with Crippen LogP contribution in [0.25, 0.3) is 11.1 Å². The quantitative estimate of drug-likeness (QED) is 0.663. The highest BCUT2D eigenvalue weighted by Gasteiger charge is 2.30. The maximum atomic E-state index is 12.4. The highest BCUT2D eigenvalue weighted by molar-refractivity contribution is 5.98. The van der Waals surface area contributed by atoms with Gasteiger partial charge < -0.3 is 14.6 Å². The highest BCUT2D eigenvalue weighted by Crippen LogP contribution is 2.40. The molecule has 0 fully saturated rings. The Morgan fingerprint density at radius 2 is 1.62 bits per heavy atom. The molecule has 0 aliphatic carbocycles. The summed E-state index contributed by atoms with van der Waals surface area (Å²) in [5, 5.41) is 8.95. The van der Waals surface area contributed by atoms with Crippen LogP contribution in [-0.2, 0) is 10.2 Å². The van der Waals surface area contributed by atoms with Crippen molar-refractivity contribution in [2.24, 2.45) is 0 Å². The lowest BCUT2D eigenvalue weighted by atomic mass is 9.78. The first-order chi connectivity index (χ1) is 11.3. The maximum Gasteiger partial charge on any atom is 0.511 e. The molecule has 0 heterocycles. The first kappa shape index (κ1) is 17.5. The zero-order valence-corrected chi connectivity index (χ0v) is 14.1. The molecule has 0 spiro atoms. The Bertz CT molecular complexity index is 757. The first-order valence-electron chi connectivity index (χ1n) is 7.47. The van der Waals surface area contributed by atoms with E-state index in [4.69, 9.17) is 14.6 Å². The van der Waals surface area contributed by atoms with E-state index in [1.165, 1.54) is 13.2 Å². The van der Waals surface area contributed by atoms with Crippen molar-refractivity contribution in [2.45, 2.75) is 26.2 Å². The van der Waals surface area contributed by atoms with Crippen LogP contribution in [0.2, 0.25) is 0 Å². The zero-order chi connectivity index (χ0) is 17.9. The summed E-state index contributed by atoms with van der Waals surface area (Å²) >= 11 is 0. The molecule has 2 aromatic rings. The van der Waals surface area contributed by atoms with Crippen molar-refractivity contribution in [2.75, 3.05) is 7.11 Å². The minimum atomic E-state index is -1.48. The zero-order valence-electron chi connectivity index (χ0n) is 14.1. The number of carboxylic acid groups (broad SMARTS) is 1. The van der Waals surface area contributed by atoms with E-state index in [2.05, 4.69) is 0 Å². The number of hydrogen-bond donors (Lipinski definition) is 1. The van der Waals surface area contributed by atoms with Crippen molar-refractivity contribution in [1.29, 1.82) is 0 Å². The molecule has 5 nitrogen and oxygen atoms in total. The minimum absolute atomic E-state index is 0.0287. The Morgan fingerprint density at radius 3 is 2.12 bits per heavy atom. The Kier molecular flexibility index (Phi) is 4.93. The molecule has 5 heteroatoms. The molecule has 0 aromatic heterocycles. The maximum absolute atomic E-state index is 12.4. The molecule has 0 amide bonds. The van der Waals surface area contributed by atoms with Gasteiger partial charge >= 0.3 is 12.1 Å². The molecule has 0 atom stereocenters. The lowest BCUT2D eigenvalue weighted by Gasteiger charge is -2.27. The van der Waals surface area contributed by atoms with Crippen LogP contribution >= 0.6 is 0 Å². The van der Waals surface area contributed by atoms with Gasteiger partial charge in [0.1, 0.15) is 11.3 Å². The minimum Gasteiger partial charge on any atom is -0.465 e. The molecular weight excluding hydrogens is 308 g/mol. The summed E-state index contributed by atoms with van der Waals surface area (Å²) in [4.78, 5) is 23.3. The van der Waals surface area contributed by atoms with Gasteiger partial charge in [0.25, 0.3) is 0 Å². The summed E-state index contributed by atoms with van der Waals surface area (Å²) in [7, 11) is 1.26. The second-order valence-electron chi connectivity index (χ2n) is 6.34. The van der Waals surface area contributed by atoms with Gasteiger partial charge in [0, 0.05) is 0 Å². The summed E-state index contributed by atoms with van der Waals surface area (Å²) in [5.41, 5.74) is 2.13. The van der Waals surface area contributed by atoms with E-state index < -0.39 is 17.5 Å². The van der Waals surface area contributed by atoms with Gasteiger partial charge in [-0.25, -0.2) is 9.59 Å². The number of methoxy groups -OCH3 is 1.